The molecule has 4 nitrogen and oxygen atoms in total. The van der Waals surface area contributed by atoms with Gasteiger partial charge in [0, 0.05) is 24.3 Å². The first-order valence-electron chi connectivity index (χ1n) is 7.47. The quantitative estimate of drug-likeness (QED) is 0.937. The predicted octanol–water partition coefficient (Wildman–Crippen LogP) is 3.51. The Hall–Kier alpha value is -1.46. The summed E-state index contributed by atoms with van der Waals surface area (Å²) < 4.78 is 17.0. The highest BCUT2D eigenvalue weighted by Gasteiger charge is 2.21. The Morgan fingerprint density at radius 3 is 2.27 bits per heavy atom. The first-order valence-corrected chi connectivity index (χ1v) is 8.62. The van der Waals surface area contributed by atoms with Crippen LogP contribution in [0.2, 0.25) is 0 Å². The third-order valence-corrected chi connectivity index (χ3v) is 5.48. The normalized spacial score (nSPS) is 14.8. The zero-order valence-corrected chi connectivity index (χ0v) is 15.0. The van der Waals surface area contributed by atoms with Crippen LogP contribution in [0.5, 0.6) is 0 Å². The van der Waals surface area contributed by atoms with Gasteiger partial charge in [-0.1, -0.05) is 24.3 Å². The first-order chi connectivity index (χ1) is 10.2. The van der Waals surface area contributed by atoms with Crippen LogP contribution < -0.4 is 4.72 Å². The van der Waals surface area contributed by atoms with E-state index < -0.39 is 11.0 Å². The number of rotatable bonds is 4. The highest BCUT2D eigenvalue weighted by atomic mass is 32.2. The van der Waals surface area contributed by atoms with Gasteiger partial charge in [-0.2, -0.15) is 5.10 Å². The second-order valence-corrected chi connectivity index (χ2v) is 8.61. The average molecular weight is 319 g/mol. The molecule has 0 spiro atoms. The third-order valence-electron chi connectivity index (χ3n) is 3.80. The number of hydrogen-bond acceptors (Lipinski definition) is 2. The number of aryl methyl sites for hydroxylation is 1. The summed E-state index contributed by atoms with van der Waals surface area (Å²) in [5.41, 5.74) is 4.57. The summed E-state index contributed by atoms with van der Waals surface area (Å²) in [6.45, 7) is 10.0. The highest BCUT2D eigenvalue weighted by molar-refractivity contribution is 7.84. The Balaban J connectivity index is 2.15. The van der Waals surface area contributed by atoms with E-state index in [0.717, 1.165) is 22.4 Å². The van der Waals surface area contributed by atoms with Crippen molar-refractivity contribution in [2.75, 3.05) is 0 Å². The molecule has 120 valence electrons. The van der Waals surface area contributed by atoms with Crippen LogP contribution >= 0.6 is 0 Å². The summed E-state index contributed by atoms with van der Waals surface area (Å²) in [5, 5.41) is 4.28. The Kier molecular flexibility index (Phi) is 4.87. The van der Waals surface area contributed by atoms with Crippen molar-refractivity contribution < 1.29 is 4.21 Å². The maximum absolute atomic E-state index is 12.2. The molecular weight excluding hydrogens is 294 g/mol. The Morgan fingerprint density at radius 2 is 1.82 bits per heavy atom. The zero-order valence-electron chi connectivity index (χ0n) is 14.2. The van der Waals surface area contributed by atoms with Crippen LogP contribution in [0, 0.1) is 6.92 Å². The standard InChI is InChI=1S/C17H25N3OS/c1-12(19-22(21)17(3,4)5)14-7-9-15(10-8-14)16-11-18-20(6)13(16)2/h7-12,19H,1-6H3/t12-,22+/m0/s1. The minimum absolute atomic E-state index is 0.0455. The third kappa shape index (κ3) is 3.65. The van der Waals surface area contributed by atoms with Crippen LogP contribution in [0.25, 0.3) is 11.1 Å². The van der Waals surface area contributed by atoms with Gasteiger partial charge in [0.15, 0.2) is 0 Å². The fourth-order valence-corrected chi connectivity index (χ4v) is 2.95. The Labute approximate surface area is 135 Å². The summed E-state index contributed by atoms with van der Waals surface area (Å²) in [6.07, 6.45) is 1.89. The van der Waals surface area contributed by atoms with E-state index in [0.29, 0.717) is 0 Å². The highest BCUT2D eigenvalue weighted by Crippen LogP contribution is 2.25. The van der Waals surface area contributed by atoms with Gasteiger partial charge in [0.05, 0.1) is 21.9 Å². The molecule has 1 N–H and O–H groups in total. The van der Waals surface area contributed by atoms with Gasteiger partial charge < -0.3 is 0 Å². The SMILES string of the molecule is Cc1c(-c2ccc([C@H](C)N[S@](=O)C(C)(C)C)cc2)cnn1C. The number of hydrogen-bond donors (Lipinski definition) is 1. The van der Waals surface area contributed by atoms with Crippen LogP contribution in [-0.2, 0) is 18.0 Å². The van der Waals surface area contributed by atoms with Gasteiger partial charge in [-0.3, -0.25) is 4.68 Å². The molecule has 1 aromatic carbocycles. The van der Waals surface area contributed by atoms with E-state index in [2.05, 4.69) is 41.0 Å². The molecule has 0 aliphatic rings. The van der Waals surface area contributed by atoms with Gasteiger partial charge in [0.2, 0.25) is 0 Å². The largest absolute Gasteiger partial charge is 0.272 e. The van der Waals surface area contributed by atoms with E-state index in [1.165, 1.54) is 0 Å². The molecule has 2 rings (SSSR count). The lowest BCUT2D eigenvalue weighted by Gasteiger charge is -2.22. The number of benzene rings is 1. The van der Waals surface area contributed by atoms with Gasteiger partial charge in [-0.25, -0.2) is 8.93 Å². The summed E-state index contributed by atoms with van der Waals surface area (Å²) in [7, 11) is 0.873. The van der Waals surface area contributed by atoms with Crippen molar-refractivity contribution >= 4 is 11.0 Å². The maximum atomic E-state index is 12.2. The van der Waals surface area contributed by atoms with Crippen molar-refractivity contribution in [3.63, 3.8) is 0 Å². The fourth-order valence-electron chi connectivity index (χ4n) is 2.14. The first kappa shape index (κ1) is 16.9. The molecule has 0 fully saturated rings. The van der Waals surface area contributed by atoms with E-state index in [1.807, 2.05) is 45.6 Å². The van der Waals surface area contributed by atoms with E-state index in [-0.39, 0.29) is 10.8 Å². The van der Waals surface area contributed by atoms with Gasteiger partial charge in [0.25, 0.3) is 0 Å². The van der Waals surface area contributed by atoms with E-state index in [4.69, 9.17) is 0 Å². The van der Waals surface area contributed by atoms with Crippen molar-refractivity contribution in [1.29, 1.82) is 0 Å². The van der Waals surface area contributed by atoms with Crippen molar-refractivity contribution in [2.24, 2.45) is 7.05 Å². The van der Waals surface area contributed by atoms with E-state index in [9.17, 15) is 4.21 Å². The van der Waals surface area contributed by atoms with Crippen molar-refractivity contribution in [2.45, 2.75) is 45.4 Å². The minimum atomic E-state index is -1.07. The Bertz CT molecular complexity index is 668. The second kappa shape index (κ2) is 6.34. The zero-order chi connectivity index (χ0) is 16.5. The van der Waals surface area contributed by atoms with Gasteiger partial charge in [0.1, 0.15) is 0 Å². The van der Waals surface area contributed by atoms with Crippen LogP contribution in [-0.4, -0.2) is 18.7 Å². The van der Waals surface area contributed by atoms with Crippen LogP contribution in [0.15, 0.2) is 30.5 Å². The van der Waals surface area contributed by atoms with Gasteiger partial charge in [-0.15, -0.1) is 0 Å². The maximum Gasteiger partial charge on any atom is 0.0975 e. The molecule has 1 heterocycles. The number of nitrogens with zero attached hydrogens (tertiary/aromatic N) is 2. The van der Waals surface area contributed by atoms with Crippen LogP contribution in [0.4, 0.5) is 0 Å². The van der Waals surface area contributed by atoms with Crippen molar-refractivity contribution in [3.05, 3.63) is 41.7 Å². The van der Waals surface area contributed by atoms with Crippen LogP contribution in [0.3, 0.4) is 0 Å². The molecule has 2 aromatic rings. The molecule has 22 heavy (non-hydrogen) atoms. The summed E-state index contributed by atoms with van der Waals surface area (Å²) in [4.78, 5) is 0. The number of nitrogens with one attached hydrogen (secondary N) is 1. The van der Waals surface area contributed by atoms with E-state index in [1.54, 1.807) is 0 Å². The molecule has 0 aliphatic carbocycles. The molecule has 0 amide bonds. The molecular formula is C17H25N3OS. The minimum Gasteiger partial charge on any atom is -0.272 e. The van der Waals surface area contributed by atoms with Crippen LogP contribution in [0.1, 0.15) is 45.0 Å². The van der Waals surface area contributed by atoms with E-state index >= 15 is 0 Å². The fraction of sp³-hybridized carbons (Fsp3) is 0.471. The molecule has 5 heteroatoms. The monoisotopic (exact) mass is 319 g/mol. The van der Waals surface area contributed by atoms with Gasteiger partial charge >= 0.3 is 0 Å². The van der Waals surface area contributed by atoms with Crippen molar-refractivity contribution in [3.8, 4) is 11.1 Å². The number of aromatic nitrogens is 2. The lowest BCUT2D eigenvalue weighted by Crippen LogP contribution is -2.34. The summed E-state index contributed by atoms with van der Waals surface area (Å²) in [6, 6.07) is 8.40. The molecule has 0 bridgehead atoms. The molecule has 0 aliphatic heterocycles. The smallest absolute Gasteiger partial charge is 0.0975 e. The molecule has 0 unspecified atom stereocenters. The second-order valence-electron chi connectivity index (χ2n) is 6.61. The van der Waals surface area contributed by atoms with Gasteiger partial charge in [-0.05, 0) is 45.7 Å². The summed E-state index contributed by atoms with van der Waals surface area (Å²) >= 11 is 0. The molecule has 0 saturated carbocycles. The predicted molar refractivity (Wildman–Crippen MR) is 92.8 cm³/mol. The Morgan fingerprint density at radius 1 is 1.23 bits per heavy atom. The molecule has 1 aromatic heterocycles. The lowest BCUT2D eigenvalue weighted by atomic mass is 10.0. The van der Waals surface area contributed by atoms with Crippen molar-refractivity contribution in [1.82, 2.24) is 14.5 Å². The summed E-state index contributed by atoms with van der Waals surface area (Å²) in [5.74, 6) is 0. The topological polar surface area (TPSA) is 46.9 Å². The molecule has 0 saturated heterocycles. The average Bonchev–Trinajstić information content (AvgIpc) is 2.78. The lowest BCUT2D eigenvalue weighted by molar-refractivity contribution is 0.616. The molecule has 0 radical (unpaired) electrons. The molecule has 2 atom stereocenters.